The largest absolute Gasteiger partial charge is 0.482 e. The van der Waals surface area contributed by atoms with Crippen molar-refractivity contribution >= 4 is 17.4 Å². The van der Waals surface area contributed by atoms with Crippen LogP contribution in [0.15, 0.2) is 30.4 Å². The third-order valence-electron chi connectivity index (χ3n) is 2.43. The minimum atomic E-state index is -1.16. The number of halogens is 1. The van der Waals surface area contributed by atoms with Gasteiger partial charge in [0.05, 0.1) is 5.56 Å². The fourth-order valence-corrected chi connectivity index (χ4v) is 1.82. The zero-order valence-corrected chi connectivity index (χ0v) is 9.44. The number of ketones is 1. The molecule has 0 aliphatic carbocycles. The number of aliphatic hydroxyl groups excluding tert-OH is 1. The maximum absolute atomic E-state index is 11.8. The van der Waals surface area contributed by atoms with Gasteiger partial charge in [0, 0.05) is 5.02 Å². The van der Waals surface area contributed by atoms with Crippen LogP contribution >= 0.6 is 11.6 Å². The Hall–Kier alpha value is -1.32. The van der Waals surface area contributed by atoms with Crippen LogP contribution < -0.4 is 4.74 Å². The van der Waals surface area contributed by atoms with Crippen LogP contribution in [0.4, 0.5) is 0 Å². The van der Waals surface area contributed by atoms with Crippen LogP contribution in [0.2, 0.25) is 5.02 Å². The van der Waals surface area contributed by atoms with E-state index >= 15 is 0 Å². The van der Waals surface area contributed by atoms with Crippen LogP contribution in [-0.2, 0) is 0 Å². The highest BCUT2D eigenvalue weighted by Gasteiger charge is 2.34. The van der Waals surface area contributed by atoms with Gasteiger partial charge in [-0.25, -0.2) is 0 Å². The average Bonchev–Trinajstić information content (AvgIpc) is 2.27. The lowest BCUT2D eigenvalue weighted by atomic mass is 9.98. The summed E-state index contributed by atoms with van der Waals surface area (Å²) in [6.07, 6.45) is 1.61. The molecule has 1 aromatic rings. The Morgan fingerprint density at radius 3 is 2.94 bits per heavy atom. The molecule has 0 spiro atoms. The molecule has 0 fully saturated rings. The average molecular weight is 239 g/mol. The van der Waals surface area contributed by atoms with Gasteiger partial charge in [0.2, 0.25) is 0 Å². The second-order valence-corrected chi connectivity index (χ2v) is 3.99. The fraction of sp³-hybridized carbons (Fsp3) is 0.250. The molecule has 0 radical (unpaired) electrons. The molecule has 2 unspecified atom stereocenters. The van der Waals surface area contributed by atoms with Gasteiger partial charge in [0.25, 0.3) is 0 Å². The summed E-state index contributed by atoms with van der Waals surface area (Å²) >= 11 is 5.78. The second kappa shape index (κ2) is 4.28. The van der Waals surface area contributed by atoms with Gasteiger partial charge in [-0.2, -0.15) is 0 Å². The highest BCUT2D eigenvalue weighted by Crippen LogP contribution is 2.30. The van der Waals surface area contributed by atoms with Crippen LogP contribution in [-0.4, -0.2) is 23.1 Å². The normalized spacial score (nSPS) is 24.3. The van der Waals surface area contributed by atoms with Crippen molar-refractivity contribution in [1.82, 2.24) is 0 Å². The Morgan fingerprint density at radius 2 is 2.25 bits per heavy atom. The number of hydrogen-bond acceptors (Lipinski definition) is 3. The van der Waals surface area contributed by atoms with Gasteiger partial charge in [-0.3, -0.25) is 4.79 Å². The first kappa shape index (κ1) is 11.2. The smallest absolute Gasteiger partial charge is 0.199 e. The van der Waals surface area contributed by atoms with E-state index in [-0.39, 0.29) is 5.78 Å². The van der Waals surface area contributed by atoms with E-state index < -0.39 is 12.2 Å². The third-order valence-corrected chi connectivity index (χ3v) is 2.67. The summed E-state index contributed by atoms with van der Waals surface area (Å²) in [6.45, 7) is 1.80. The van der Waals surface area contributed by atoms with Crippen molar-refractivity contribution in [3.8, 4) is 5.75 Å². The Balaban J connectivity index is 2.44. The molecule has 0 aromatic heterocycles. The third kappa shape index (κ3) is 1.84. The predicted molar refractivity (Wildman–Crippen MR) is 61.0 cm³/mol. The first-order valence-corrected chi connectivity index (χ1v) is 5.32. The van der Waals surface area contributed by atoms with Crippen molar-refractivity contribution in [3.05, 3.63) is 40.9 Å². The van der Waals surface area contributed by atoms with Crippen molar-refractivity contribution < 1.29 is 14.6 Å². The Bertz CT molecular complexity index is 454. The van der Waals surface area contributed by atoms with Crippen LogP contribution in [0.1, 0.15) is 17.3 Å². The van der Waals surface area contributed by atoms with Gasteiger partial charge in [-0.15, -0.1) is 0 Å². The SMILES string of the molecule is C/C=C\C1Oc2ccc(Cl)cc2C(=O)C1O. The van der Waals surface area contributed by atoms with E-state index in [0.29, 0.717) is 16.3 Å². The number of rotatable bonds is 1. The Labute approximate surface area is 98.3 Å². The van der Waals surface area contributed by atoms with Gasteiger partial charge >= 0.3 is 0 Å². The number of carbonyl (C=O) groups is 1. The standard InChI is InChI=1S/C12H11ClO3/c1-2-3-10-12(15)11(14)8-6-7(13)4-5-9(8)16-10/h2-6,10,12,15H,1H3/b3-2-. The first-order valence-electron chi connectivity index (χ1n) is 4.95. The number of aliphatic hydroxyl groups is 1. The molecule has 4 heteroatoms. The molecule has 0 saturated carbocycles. The zero-order valence-electron chi connectivity index (χ0n) is 8.68. The number of allylic oxidation sites excluding steroid dienone is 1. The van der Waals surface area contributed by atoms with E-state index in [0.717, 1.165) is 0 Å². The number of benzene rings is 1. The van der Waals surface area contributed by atoms with Crippen LogP contribution in [0.25, 0.3) is 0 Å². The summed E-state index contributed by atoms with van der Waals surface area (Å²) in [5.41, 5.74) is 0.334. The summed E-state index contributed by atoms with van der Waals surface area (Å²) in [5.74, 6) is 0.106. The van der Waals surface area contributed by atoms with E-state index in [1.807, 2.05) is 0 Å². The minimum absolute atomic E-state index is 0.334. The van der Waals surface area contributed by atoms with Gasteiger partial charge in [0.15, 0.2) is 18.0 Å². The molecular weight excluding hydrogens is 228 g/mol. The molecule has 3 nitrogen and oxygen atoms in total. The summed E-state index contributed by atoms with van der Waals surface area (Å²) < 4.78 is 5.49. The minimum Gasteiger partial charge on any atom is -0.482 e. The van der Waals surface area contributed by atoms with E-state index in [4.69, 9.17) is 16.3 Å². The molecular formula is C12H11ClO3. The Morgan fingerprint density at radius 1 is 1.50 bits per heavy atom. The molecule has 0 bridgehead atoms. The summed E-state index contributed by atoms with van der Waals surface area (Å²) in [7, 11) is 0. The number of fused-ring (bicyclic) bond motifs is 1. The second-order valence-electron chi connectivity index (χ2n) is 3.56. The highest BCUT2D eigenvalue weighted by molar-refractivity contribution is 6.31. The lowest BCUT2D eigenvalue weighted by Crippen LogP contribution is -2.41. The fourth-order valence-electron chi connectivity index (χ4n) is 1.65. The van der Waals surface area contributed by atoms with Crippen molar-refractivity contribution in [2.45, 2.75) is 19.1 Å². The molecule has 1 heterocycles. The molecule has 2 atom stereocenters. The first-order chi connectivity index (χ1) is 7.63. The van der Waals surface area contributed by atoms with E-state index in [2.05, 4.69) is 0 Å². The van der Waals surface area contributed by atoms with E-state index in [1.165, 1.54) is 6.07 Å². The number of ether oxygens (including phenoxy) is 1. The maximum Gasteiger partial charge on any atom is 0.199 e. The van der Waals surface area contributed by atoms with Gasteiger partial charge in [0.1, 0.15) is 5.75 Å². The highest BCUT2D eigenvalue weighted by atomic mass is 35.5. The van der Waals surface area contributed by atoms with E-state index in [1.54, 1.807) is 31.2 Å². The van der Waals surface area contributed by atoms with E-state index in [9.17, 15) is 9.90 Å². The van der Waals surface area contributed by atoms with Crippen LogP contribution in [0.3, 0.4) is 0 Å². The van der Waals surface area contributed by atoms with Gasteiger partial charge < -0.3 is 9.84 Å². The van der Waals surface area contributed by atoms with Crippen LogP contribution in [0, 0.1) is 0 Å². The Kier molecular flexibility index (Phi) is 2.99. The van der Waals surface area contributed by atoms with Crippen molar-refractivity contribution in [3.63, 3.8) is 0 Å². The topological polar surface area (TPSA) is 46.5 Å². The quantitative estimate of drug-likeness (QED) is 0.763. The zero-order chi connectivity index (χ0) is 11.7. The molecule has 1 aliphatic rings. The predicted octanol–water partition coefficient (Wildman–Crippen LogP) is 2.22. The molecule has 16 heavy (non-hydrogen) atoms. The van der Waals surface area contributed by atoms with Crippen molar-refractivity contribution in [1.29, 1.82) is 0 Å². The number of carbonyl (C=O) groups excluding carboxylic acids is 1. The molecule has 1 aromatic carbocycles. The maximum atomic E-state index is 11.8. The molecule has 0 saturated heterocycles. The summed E-state index contributed by atoms with van der Waals surface area (Å²) in [5, 5.41) is 10.2. The molecule has 1 N–H and O–H groups in total. The molecule has 1 aliphatic heterocycles. The lowest BCUT2D eigenvalue weighted by molar-refractivity contribution is 0.0378. The van der Waals surface area contributed by atoms with Gasteiger partial charge in [-0.05, 0) is 31.2 Å². The van der Waals surface area contributed by atoms with Gasteiger partial charge in [-0.1, -0.05) is 17.7 Å². The monoisotopic (exact) mass is 238 g/mol. The molecule has 0 amide bonds. The summed E-state index contributed by atoms with van der Waals surface area (Å²) in [4.78, 5) is 11.8. The number of hydrogen-bond donors (Lipinski definition) is 1. The van der Waals surface area contributed by atoms with Crippen LogP contribution in [0.5, 0.6) is 5.75 Å². The number of Topliss-reactive ketones (excluding diaryl/α,β-unsaturated/α-hetero) is 1. The van der Waals surface area contributed by atoms with Crippen molar-refractivity contribution in [2.75, 3.05) is 0 Å². The molecule has 84 valence electrons. The lowest BCUT2D eigenvalue weighted by Gasteiger charge is -2.27. The van der Waals surface area contributed by atoms with Crippen molar-refractivity contribution in [2.24, 2.45) is 0 Å². The summed E-state index contributed by atoms with van der Waals surface area (Å²) in [6, 6.07) is 4.80. The molecule has 2 rings (SSSR count).